The molecule has 3 aromatic rings. The largest absolute Gasteiger partial charge is 0.497 e. The number of benzene rings is 2. The first-order valence-corrected chi connectivity index (χ1v) is 8.26. The predicted molar refractivity (Wildman–Crippen MR) is 99.8 cm³/mol. The van der Waals surface area contributed by atoms with E-state index in [-0.39, 0.29) is 12.3 Å². The summed E-state index contributed by atoms with van der Waals surface area (Å²) in [5.41, 5.74) is 1.90. The number of aromatic nitrogens is 1. The number of ether oxygens (including phenoxy) is 2. The average molecular weight is 349 g/mol. The van der Waals surface area contributed by atoms with Crippen molar-refractivity contribution in [3.8, 4) is 17.2 Å². The molecule has 1 aromatic heterocycles. The average Bonchev–Trinajstić information content (AvgIpc) is 3.12. The van der Waals surface area contributed by atoms with Crippen LogP contribution in [0.2, 0.25) is 0 Å². The maximum atomic E-state index is 12.2. The van der Waals surface area contributed by atoms with Crippen molar-refractivity contribution in [1.29, 1.82) is 0 Å². The van der Waals surface area contributed by atoms with Gasteiger partial charge in [0.2, 0.25) is 5.89 Å². The Kier molecular flexibility index (Phi) is 5.49. The van der Waals surface area contributed by atoms with Crippen molar-refractivity contribution < 1.29 is 18.7 Å². The summed E-state index contributed by atoms with van der Waals surface area (Å²) >= 11 is 0. The van der Waals surface area contributed by atoms with Crippen LogP contribution in [-0.4, -0.2) is 24.7 Å². The zero-order chi connectivity index (χ0) is 18.4. The molecule has 132 valence electrons. The Morgan fingerprint density at radius 3 is 2.46 bits per heavy atom. The molecule has 0 N–H and O–H groups in total. The molecule has 0 unspecified atom stereocenters. The monoisotopic (exact) mass is 349 g/mol. The summed E-state index contributed by atoms with van der Waals surface area (Å²) in [6.45, 7) is 2.02. The van der Waals surface area contributed by atoms with Gasteiger partial charge in [0.15, 0.2) is 11.5 Å². The van der Waals surface area contributed by atoms with E-state index in [9.17, 15) is 4.79 Å². The highest BCUT2D eigenvalue weighted by Gasteiger charge is 2.20. The van der Waals surface area contributed by atoms with Crippen molar-refractivity contribution in [3.63, 3.8) is 0 Å². The van der Waals surface area contributed by atoms with Gasteiger partial charge in [-0.1, -0.05) is 36.4 Å². The maximum absolute atomic E-state index is 12.2. The van der Waals surface area contributed by atoms with Crippen LogP contribution >= 0.6 is 0 Å². The molecule has 0 fully saturated rings. The van der Waals surface area contributed by atoms with Crippen LogP contribution in [0.3, 0.4) is 0 Å². The Labute approximate surface area is 151 Å². The fourth-order valence-electron chi connectivity index (χ4n) is 2.38. The van der Waals surface area contributed by atoms with Crippen molar-refractivity contribution >= 4 is 18.1 Å². The van der Waals surface area contributed by atoms with Gasteiger partial charge in [0.1, 0.15) is 5.75 Å². The summed E-state index contributed by atoms with van der Waals surface area (Å²) in [6, 6.07) is 17.0. The molecule has 3 rings (SSSR count). The van der Waals surface area contributed by atoms with Crippen LogP contribution in [0.15, 0.2) is 59.0 Å². The molecule has 0 aliphatic carbocycles. The SMILES string of the molecule is CCOC(=O)c1nc(-c2ccccc2)oc1/C=C/c1ccc(OC)cc1. The van der Waals surface area contributed by atoms with E-state index in [1.54, 1.807) is 20.1 Å². The molecule has 0 saturated heterocycles. The number of methoxy groups -OCH3 is 1. The van der Waals surface area contributed by atoms with Crippen molar-refractivity contribution in [2.45, 2.75) is 6.92 Å². The van der Waals surface area contributed by atoms with Crippen molar-refractivity contribution in [2.24, 2.45) is 0 Å². The highest BCUT2D eigenvalue weighted by molar-refractivity contribution is 5.92. The van der Waals surface area contributed by atoms with E-state index in [2.05, 4.69) is 4.98 Å². The lowest BCUT2D eigenvalue weighted by atomic mass is 10.2. The van der Waals surface area contributed by atoms with Crippen LogP contribution in [0.1, 0.15) is 28.7 Å². The highest BCUT2D eigenvalue weighted by Crippen LogP contribution is 2.24. The maximum Gasteiger partial charge on any atom is 0.360 e. The summed E-state index contributed by atoms with van der Waals surface area (Å²) in [4.78, 5) is 16.5. The lowest BCUT2D eigenvalue weighted by molar-refractivity contribution is 0.0519. The number of oxazole rings is 1. The molecule has 0 saturated carbocycles. The predicted octanol–water partition coefficient (Wildman–Crippen LogP) is 4.70. The second-order valence-corrected chi connectivity index (χ2v) is 5.42. The van der Waals surface area contributed by atoms with Gasteiger partial charge in [-0.3, -0.25) is 0 Å². The van der Waals surface area contributed by atoms with Crippen molar-refractivity contribution in [1.82, 2.24) is 4.98 Å². The summed E-state index contributed by atoms with van der Waals surface area (Å²) in [5, 5.41) is 0. The third-order valence-electron chi connectivity index (χ3n) is 3.69. The normalized spacial score (nSPS) is 10.8. The summed E-state index contributed by atoms with van der Waals surface area (Å²) in [7, 11) is 1.62. The Balaban J connectivity index is 1.94. The molecule has 1 heterocycles. The Morgan fingerprint density at radius 1 is 1.08 bits per heavy atom. The topological polar surface area (TPSA) is 61.6 Å². The molecule has 5 heteroatoms. The van der Waals surface area contributed by atoms with E-state index < -0.39 is 5.97 Å². The Hall–Kier alpha value is -3.34. The number of esters is 1. The molecule has 0 amide bonds. The molecule has 0 bridgehead atoms. The standard InChI is InChI=1S/C21H19NO4/c1-3-25-21(23)19-18(14-11-15-9-12-17(24-2)13-10-15)26-20(22-19)16-7-5-4-6-8-16/h4-14H,3H2,1-2H3/b14-11+. The molecule has 0 radical (unpaired) electrons. The fraction of sp³-hybridized carbons (Fsp3) is 0.143. The molecule has 2 aromatic carbocycles. The van der Waals surface area contributed by atoms with Gasteiger partial charge in [0.05, 0.1) is 13.7 Å². The van der Waals surface area contributed by atoms with E-state index in [1.165, 1.54) is 0 Å². The molecule has 26 heavy (non-hydrogen) atoms. The first-order valence-electron chi connectivity index (χ1n) is 8.26. The van der Waals surface area contributed by atoms with Crippen LogP contribution in [-0.2, 0) is 4.74 Å². The zero-order valence-corrected chi connectivity index (χ0v) is 14.6. The van der Waals surface area contributed by atoms with Crippen LogP contribution in [0.25, 0.3) is 23.6 Å². The van der Waals surface area contributed by atoms with Gasteiger partial charge in [-0.2, -0.15) is 0 Å². The Bertz CT molecular complexity index is 896. The van der Waals surface area contributed by atoms with Crippen molar-refractivity contribution in [2.75, 3.05) is 13.7 Å². The fourth-order valence-corrected chi connectivity index (χ4v) is 2.38. The van der Waals surface area contributed by atoms with Gasteiger partial charge >= 0.3 is 5.97 Å². The minimum absolute atomic E-state index is 0.162. The van der Waals surface area contributed by atoms with Crippen LogP contribution < -0.4 is 4.74 Å². The number of carbonyl (C=O) groups excluding carboxylic acids is 1. The second-order valence-electron chi connectivity index (χ2n) is 5.42. The molecule has 0 aliphatic heterocycles. The molecule has 0 atom stereocenters. The summed E-state index contributed by atoms with van der Waals surface area (Å²) < 4.78 is 16.0. The minimum atomic E-state index is -0.507. The Morgan fingerprint density at radius 2 is 1.81 bits per heavy atom. The summed E-state index contributed by atoms with van der Waals surface area (Å²) in [5.74, 6) is 1.01. The third-order valence-corrected chi connectivity index (χ3v) is 3.69. The number of rotatable bonds is 6. The van der Waals surface area contributed by atoms with Crippen molar-refractivity contribution in [3.05, 3.63) is 71.6 Å². The number of nitrogens with zero attached hydrogens (tertiary/aromatic N) is 1. The molecule has 0 aliphatic rings. The molecule has 0 spiro atoms. The number of hydrogen-bond acceptors (Lipinski definition) is 5. The lowest BCUT2D eigenvalue weighted by Gasteiger charge is -1.99. The zero-order valence-electron chi connectivity index (χ0n) is 14.6. The van der Waals surface area contributed by atoms with Crippen LogP contribution in [0.4, 0.5) is 0 Å². The highest BCUT2D eigenvalue weighted by atomic mass is 16.5. The number of hydrogen-bond donors (Lipinski definition) is 0. The first kappa shape index (κ1) is 17.5. The number of carbonyl (C=O) groups is 1. The van der Waals surface area contributed by atoms with Crippen LogP contribution in [0.5, 0.6) is 5.75 Å². The van der Waals surface area contributed by atoms with E-state index in [0.717, 1.165) is 16.9 Å². The third kappa shape index (κ3) is 4.00. The van der Waals surface area contributed by atoms with Gasteiger partial charge in [0, 0.05) is 5.56 Å². The van der Waals surface area contributed by atoms with E-state index in [4.69, 9.17) is 13.9 Å². The molecular formula is C21H19NO4. The van der Waals surface area contributed by atoms with E-state index >= 15 is 0 Å². The van der Waals surface area contributed by atoms with Gasteiger partial charge in [-0.15, -0.1) is 0 Å². The van der Waals surface area contributed by atoms with E-state index in [1.807, 2.05) is 60.7 Å². The molecule has 5 nitrogen and oxygen atoms in total. The minimum Gasteiger partial charge on any atom is -0.497 e. The van der Waals surface area contributed by atoms with Gasteiger partial charge < -0.3 is 13.9 Å². The lowest BCUT2D eigenvalue weighted by Crippen LogP contribution is -2.06. The first-order chi connectivity index (χ1) is 12.7. The van der Waals surface area contributed by atoms with Gasteiger partial charge in [0.25, 0.3) is 0 Å². The quantitative estimate of drug-likeness (QED) is 0.604. The van der Waals surface area contributed by atoms with Crippen LogP contribution in [0, 0.1) is 0 Å². The van der Waals surface area contributed by atoms with Gasteiger partial charge in [-0.25, -0.2) is 9.78 Å². The summed E-state index contributed by atoms with van der Waals surface area (Å²) in [6.07, 6.45) is 3.56. The smallest absolute Gasteiger partial charge is 0.360 e. The molecular weight excluding hydrogens is 330 g/mol. The van der Waals surface area contributed by atoms with Gasteiger partial charge in [-0.05, 0) is 42.8 Å². The van der Waals surface area contributed by atoms with E-state index in [0.29, 0.717) is 11.7 Å². The second kappa shape index (κ2) is 8.16.